The molecule has 0 aliphatic rings. The summed E-state index contributed by atoms with van der Waals surface area (Å²) < 4.78 is 46.5. The Labute approximate surface area is 145 Å². The van der Waals surface area contributed by atoms with Crippen LogP contribution in [0.5, 0.6) is 11.5 Å². The maximum Gasteiger partial charge on any atom is 0.573 e. The van der Waals surface area contributed by atoms with Crippen LogP contribution < -0.4 is 15.2 Å². The molecule has 2 N–H and O–H groups in total. The third-order valence-corrected chi connectivity index (χ3v) is 3.97. The topological polar surface area (TPSA) is 44.5 Å². The molecule has 0 aromatic heterocycles. The molecule has 0 saturated heterocycles. The van der Waals surface area contributed by atoms with Crippen LogP contribution in [-0.2, 0) is 0 Å². The van der Waals surface area contributed by atoms with Crippen LogP contribution in [0.25, 0.3) is 11.1 Å². The van der Waals surface area contributed by atoms with E-state index in [4.69, 9.17) is 10.5 Å². The minimum Gasteiger partial charge on any atom is -0.406 e. The van der Waals surface area contributed by atoms with Gasteiger partial charge in [0.25, 0.3) is 0 Å². The molecule has 0 heterocycles. The van der Waals surface area contributed by atoms with Crippen molar-refractivity contribution in [2.45, 2.75) is 20.2 Å². The molecule has 0 amide bonds. The minimum atomic E-state index is -4.72. The molecule has 3 nitrogen and oxygen atoms in total. The summed E-state index contributed by atoms with van der Waals surface area (Å²) in [4.78, 5) is 0. The first kappa shape index (κ1) is 18.0. The zero-order valence-corrected chi connectivity index (χ0v) is 14.4. The van der Waals surface area contributed by atoms with Crippen molar-refractivity contribution >= 4 is 21.6 Å². The van der Waals surface area contributed by atoms with Gasteiger partial charge >= 0.3 is 6.36 Å². The van der Waals surface area contributed by atoms with E-state index in [0.717, 1.165) is 11.1 Å². The summed E-state index contributed by atoms with van der Waals surface area (Å²) in [5.41, 5.74) is 8.55. The lowest BCUT2D eigenvalue weighted by molar-refractivity contribution is -0.274. The number of rotatable bonds is 3. The molecular weight excluding hydrogens is 387 g/mol. The van der Waals surface area contributed by atoms with Gasteiger partial charge in [0.2, 0.25) is 0 Å². The van der Waals surface area contributed by atoms with Crippen LogP contribution in [0.15, 0.2) is 34.8 Å². The molecule has 2 aromatic carbocycles. The number of anilines is 1. The van der Waals surface area contributed by atoms with Crippen molar-refractivity contribution in [2.75, 3.05) is 5.73 Å². The van der Waals surface area contributed by atoms with E-state index in [1.165, 1.54) is 24.3 Å². The van der Waals surface area contributed by atoms with Crippen LogP contribution in [0.4, 0.5) is 18.9 Å². The van der Waals surface area contributed by atoms with Crippen LogP contribution in [-0.4, -0.2) is 6.36 Å². The maximum atomic E-state index is 12.2. The van der Waals surface area contributed by atoms with E-state index in [2.05, 4.69) is 32.7 Å². The first-order chi connectivity index (χ1) is 11.2. The van der Waals surface area contributed by atoms with Crippen molar-refractivity contribution in [1.82, 2.24) is 0 Å². The van der Waals surface area contributed by atoms with Gasteiger partial charge in [-0.2, -0.15) is 0 Å². The highest BCUT2D eigenvalue weighted by Gasteiger charge is 2.31. The highest BCUT2D eigenvalue weighted by Crippen LogP contribution is 2.40. The van der Waals surface area contributed by atoms with Gasteiger partial charge in [0.1, 0.15) is 11.9 Å². The minimum absolute atomic E-state index is 0.290. The molecule has 126 valence electrons. The molecule has 0 radical (unpaired) electrons. The lowest BCUT2D eigenvalue weighted by atomic mass is 9.99. The Morgan fingerprint density at radius 2 is 1.79 bits per heavy atom. The van der Waals surface area contributed by atoms with E-state index >= 15 is 0 Å². The molecule has 2 rings (SSSR count). The summed E-state index contributed by atoms with van der Waals surface area (Å²) in [6, 6.07) is 7.24. The van der Waals surface area contributed by atoms with Gasteiger partial charge in [0.15, 0.2) is 5.75 Å². The molecule has 0 atom stereocenters. The van der Waals surface area contributed by atoms with Crippen LogP contribution in [0.3, 0.4) is 0 Å². The molecule has 0 unspecified atom stereocenters. The van der Waals surface area contributed by atoms with Crippen LogP contribution in [0.2, 0.25) is 0 Å². The van der Waals surface area contributed by atoms with Crippen molar-refractivity contribution in [3.8, 4) is 34.7 Å². The van der Waals surface area contributed by atoms with E-state index in [9.17, 15) is 13.2 Å². The van der Waals surface area contributed by atoms with Gasteiger partial charge in [-0.1, -0.05) is 18.1 Å². The maximum absolute atomic E-state index is 12.2. The van der Waals surface area contributed by atoms with E-state index in [1.807, 2.05) is 6.92 Å². The van der Waals surface area contributed by atoms with Gasteiger partial charge in [-0.25, -0.2) is 0 Å². The molecule has 0 aliphatic heterocycles. The molecular formula is C17H13BrF3NO2. The molecule has 0 fully saturated rings. The molecule has 24 heavy (non-hydrogen) atoms. The summed E-state index contributed by atoms with van der Waals surface area (Å²) >= 11 is 3.35. The highest BCUT2D eigenvalue weighted by atomic mass is 79.9. The van der Waals surface area contributed by atoms with Gasteiger partial charge in [0, 0.05) is 12.5 Å². The lowest BCUT2D eigenvalue weighted by Gasteiger charge is -2.14. The first-order valence-electron chi connectivity index (χ1n) is 6.76. The largest absolute Gasteiger partial charge is 0.573 e. The van der Waals surface area contributed by atoms with Gasteiger partial charge in [-0.15, -0.1) is 13.2 Å². The van der Waals surface area contributed by atoms with Crippen molar-refractivity contribution in [3.63, 3.8) is 0 Å². The number of nitrogens with two attached hydrogens (primary N) is 1. The number of ether oxygens (including phenoxy) is 2. The van der Waals surface area contributed by atoms with E-state index in [1.54, 1.807) is 13.0 Å². The Balaban J connectivity index is 2.44. The molecule has 0 spiro atoms. The molecule has 0 saturated carbocycles. The van der Waals surface area contributed by atoms with E-state index in [0.29, 0.717) is 21.5 Å². The zero-order chi connectivity index (χ0) is 17.9. The average molecular weight is 400 g/mol. The van der Waals surface area contributed by atoms with Crippen molar-refractivity contribution < 1.29 is 22.6 Å². The Hall–Kier alpha value is -2.33. The van der Waals surface area contributed by atoms with Crippen molar-refractivity contribution in [2.24, 2.45) is 0 Å². The highest BCUT2D eigenvalue weighted by molar-refractivity contribution is 9.10. The fourth-order valence-corrected chi connectivity index (χ4v) is 2.60. The quantitative estimate of drug-likeness (QED) is 0.565. The monoisotopic (exact) mass is 399 g/mol. The van der Waals surface area contributed by atoms with Gasteiger partial charge in [0.05, 0.1) is 10.2 Å². The predicted octanol–water partition coefficient (Wildman–Crippen LogP) is 5.26. The third-order valence-electron chi connectivity index (χ3n) is 3.15. The van der Waals surface area contributed by atoms with Crippen LogP contribution in [0, 0.1) is 19.0 Å². The second-order valence-electron chi connectivity index (χ2n) is 4.81. The zero-order valence-electron chi connectivity index (χ0n) is 12.8. The second-order valence-corrected chi connectivity index (χ2v) is 5.60. The van der Waals surface area contributed by atoms with E-state index in [-0.39, 0.29) is 5.75 Å². The summed E-state index contributed by atoms with van der Waals surface area (Å²) in [7, 11) is 0. The van der Waals surface area contributed by atoms with Crippen molar-refractivity contribution in [1.29, 1.82) is 0 Å². The average Bonchev–Trinajstić information content (AvgIpc) is 2.50. The smallest absolute Gasteiger partial charge is 0.406 e. The summed E-state index contributed by atoms with van der Waals surface area (Å²) in [5.74, 6) is 2.80. The number of hydrogen-bond donors (Lipinski definition) is 1. The van der Waals surface area contributed by atoms with Crippen LogP contribution in [0.1, 0.15) is 12.5 Å². The number of benzene rings is 2. The Bertz CT molecular complexity index is 806. The number of nitrogen functional groups attached to an aromatic ring is 1. The summed E-state index contributed by atoms with van der Waals surface area (Å²) in [6.07, 6.45) is -2.22. The van der Waals surface area contributed by atoms with E-state index < -0.39 is 6.36 Å². The summed E-state index contributed by atoms with van der Waals surface area (Å²) in [5, 5.41) is 0. The Morgan fingerprint density at radius 1 is 1.17 bits per heavy atom. The molecule has 0 aliphatic carbocycles. The van der Waals surface area contributed by atoms with Crippen LogP contribution >= 0.6 is 15.9 Å². The third kappa shape index (κ3) is 4.15. The second kappa shape index (κ2) is 7.05. The normalized spacial score (nSPS) is 10.8. The Morgan fingerprint density at radius 3 is 2.33 bits per heavy atom. The number of halogens is 4. The number of alkyl halides is 3. The molecule has 0 bridgehead atoms. The predicted molar refractivity (Wildman–Crippen MR) is 89.5 cm³/mol. The Kier molecular flexibility index (Phi) is 5.30. The number of hydrogen-bond acceptors (Lipinski definition) is 3. The fourth-order valence-electron chi connectivity index (χ4n) is 2.10. The van der Waals surface area contributed by atoms with Gasteiger partial charge < -0.3 is 15.2 Å². The molecule has 2 aromatic rings. The lowest BCUT2D eigenvalue weighted by Crippen LogP contribution is -2.16. The van der Waals surface area contributed by atoms with Gasteiger partial charge in [-0.05, 0) is 52.2 Å². The standard InChI is InChI=1S/C17H13BrF3NO2/c1-3-8-23-16-10(2)13(9-14(22)15(16)18)11-4-6-12(7-5-11)24-17(19,20)21/h4-7,9H,22H2,1-2H3. The SMILES string of the molecule is CC#COc1c(C)c(-c2ccc(OC(F)(F)F)cc2)cc(N)c1Br. The summed E-state index contributed by atoms with van der Waals surface area (Å²) in [6.45, 7) is 3.45. The first-order valence-corrected chi connectivity index (χ1v) is 7.55. The molecule has 7 heteroatoms. The van der Waals surface area contributed by atoms with Gasteiger partial charge in [-0.3, -0.25) is 0 Å². The van der Waals surface area contributed by atoms with Crippen molar-refractivity contribution in [3.05, 3.63) is 40.4 Å². The fraction of sp³-hybridized carbons (Fsp3) is 0.176.